The van der Waals surface area contributed by atoms with E-state index < -0.39 is 0 Å². The fourth-order valence-electron chi connectivity index (χ4n) is 2.74. The van der Waals surface area contributed by atoms with Gasteiger partial charge in [0.15, 0.2) is 0 Å². The van der Waals surface area contributed by atoms with E-state index in [0.29, 0.717) is 0 Å². The molecule has 0 aromatic rings. The molecule has 0 radical (unpaired) electrons. The highest BCUT2D eigenvalue weighted by Crippen LogP contribution is 2.33. The number of rotatable bonds is 7. The first-order chi connectivity index (χ1) is 7.77. The standard InChI is InChI=1S/C14H29NO/c1-4-8-16-11-14-9-12(3)6-7-13(14)10-15-5-2/h12-15H,4-11H2,1-3H3. The molecule has 1 saturated carbocycles. The Morgan fingerprint density at radius 1 is 1.19 bits per heavy atom. The number of hydrogen-bond acceptors (Lipinski definition) is 2. The van der Waals surface area contributed by atoms with Crippen molar-refractivity contribution in [3.05, 3.63) is 0 Å². The maximum absolute atomic E-state index is 5.75. The Balaban J connectivity index is 2.32. The molecule has 0 saturated heterocycles. The topological polar surface area (TPSA) is 21.3 Å². The first-order valence-electron chi connectivity index (χ1n) is 7.06. The van der Waals surface area contributed by atoms with Gasteiger partial charge in [-0.15, -0.1) is 0 Å². The zero-order valence-corrected chi connectivity index (χ0v) is 11.3. The molecule has 0 aliphatic heterocycles. The Kier molecular flexibility index (Phi) is 7.06. The molecular weight excluding hydrogens is 198 g/mol. The molecule has 1 N–H and O–H groups in total. The van der Waals surface area contributed by atoms with Gasteiger partial charge in [0.05, 0.1) is 0 Å². The van der Waals surface area contributed by atoms with Gasteiger partial charge in [0.2, 0.25) is 0 Å². The predicted molar refractivity (Wildman–Crippen MR) is 69.6 cm³/mol. The summed E-state index contributed by atoms with van der Waals surface area (Å²) in [7, 11) is 0. The number of hydrogen-bond donors (Lipinski definition) is 1. The molecule has 3 unspecified atom stereocenters. The molecule has 2 heteroatoms. The van der Waals surface area contributed by atoms with Gasteiger partial charge in [0.25, 0.3) is 0 Å². The molecule has 1 fully saturated rings. The summed E-state index contributed by atoms with van der Waals surface area (Å²) in [5.74, 6) is 2.52. The Bertz CT molecular complexity index is 170. The molecule has 1 aliphatic carbocycles. The normalized spacial score (nSPS) is 30.6. The Morgan fingerprint density at radius 2 is 2.00 bits per heavy atom. The second kappa shape index (κ2) is 8.08. The maximum atomic E-state index is 5.75. The minimum atomic E-state index is 0.786. The van der Waals surface area contributed by atoms with Gasteiger partial charge in [-0.1, -0.05) is 27.2 Å². The van der Waals surface area contributed by atoms with E-state index in [0.717, 1.165) is 43.9 Å². The van der Waals surface area contributed by atoms with Crippen molar-refractivity contribution in [2.75, 3.05) is 26.3 Å². The van der Waals surface area contributed by atoms with Crippen LogP contribution in [-0.2, 0) is 4.74 Å². The lowest BCUT2D eigenvalue weighted by Gasteiger charge is -2.35. The van der Waals surface area contributed by atoms with Crippen molar-refractivity contribution in [1.29, 1.82) is 0 Å². The van der Waals surface area contributed by atoms with Crippen LogP contribution in [0.25, 0.3) is 0 Å². The van der Waals surface area contributed by atoms with E-state index in [4.69, 9.17) is 4.74 Å². The molecule has 2 nitrogen and oxygen atoms in total. The second-order valence-electron chi connectivity index (χ2n) is 5.32. The van der Waals surface area contributed by atoms with Gasteiger partial charge in [-0.2, -0.15) is 0 Å². The summed E-state index contributed by atoms with van der Waals surface area (Å²) < 4.78 is 5.75. The SMILES string of the molecule is CCCOCC1CC(C)CCC1CNCC. The summed E-state index contributed by atoms with van der Waals surface area (Å²) in [5.41, 5.74) is 0. The van der Waals surface area contributed by atoms with E-state index in [1.807, 2.05) is 0 Å². The minimum absolute atomic E-state index is 0.786. The Morgan fingerprint density at radius 3 is 2.69 bits per heavy atom. The number of ether oxygens (including phenoxy) is 1. The predicted octanol–water partition coefficient (Wildman–Crippen LogP) is 3.07. The Labute approximate surface area is 101 Å². The van der Waals surface area contributed by atoms with Crippen LogP contribution in [0.1, 0.15) is 46.5 Å². The highest BCUT2D eigenvalue weighted by atomic mass is 16.5. The van der Waals surface area contributed by atoms with Crippen molar-refractivity contribution in [1.82, 2.24) is 5.32 Å². The molecule has 1 aliphatic rings. The number of nitrogens with one attached hydrogen (secondary N) is 1. The van der Waals surface area contributed by atoms with E-state index in [1.54, 1.807) is 0 Å². The van der Waals surface area contributed by atoms with Gasteiger partial charge in [-0.3, -0.25) is 0 Å². The largest absolute Gasteiger partial charge is 0.381 e. The van der Waals surface area contributed by atoms with Gasteiger partial charge < -0.3 is 10.1 Å². The highest BCUT2D eigenvalue weighted by Gasteiger charge is 2.28. The van der Waals surface area contributed by atoms with Crippen LogP contribution in [0.2, 0.25) is 0 Å². The zero-order chi connectivity index (χ0) is 11.8. The van der Waals surface area contributed by atoms with Crippen molar-refractivity contribution in [3.63, 3.8) is 0 Å². The van der Waals surface area contributed by atoms with E-state index in [2.05, 4.69) is 26.1 Å². The molecular formula is C14H29NO. The molecule has 0 spiro atoms. The highest BCUT2D eigenvalue weighted by molar-refractivity contribution is 4.79. The van der Waals surface area contributed by atoms with Crippen LogP contribution >= 0.6 is 0 Å². The van der Waals surface area contributed by atoms with E-state index in [1.165, 1.54) is 25.8 Å². The second-order valence-corrected chi connectivity index (χ2v) is 5.32. The average molecular weight is 227 g/mol. The third-order valence-corrected chi connectivity index (χ3v) is 3.74. The minimum Gasteiger partial charge on any atom is -0.381 e. The van der Waals surface area contributed by atoms with Gasteiger partial charge >= 0.3 is 0 Å². The van der Waals surface area contributed by atoms with Crippen molar-refractivity contribution in [3.8, 4) is 0 Å². The molecule has 0 aromatic heterocycles. The summed E-state index contributed by atoms with van der Waals surface area (Å²) in [6.07, 6.45) is 5.29. The fraction of sp³-hybridized carbons (Fsp3) is 1.00. The molecule has 0 heterocycles. The van der Waals surface area contributed by atoms with E-state index in [-0.39, 0.29) is 0 Å². The van der Waals surface area contributed by atoms with Crippen molar-refractivity contribution in [2.24, 2.45) is 17.8 Å². The lowest BCUT2D eigenvalue weighted by atomic mass is 9.75. The van der Waals surface area contributed by atoms with E-state index in [9.17, 15) is 0 Å². The molecule has 0 bridgehead atoms. The zero-order valence-electron chi connectivity index (χ0n) is 11.3. The lowest BCUT2D eigenvalue weighted by Crippen LogP contribution is -2.35. The molecule has 0 aromatic carbocycles. The van der Waals surface area contributed by atoms with Crippen LogP contribution in [0.15, 0.2) is 0 Å². The molecule has 0 amide bonds. The molecule has 96 valence electrons. The van der Waals surface area contributed by atoms with E-state index >= 15 is 0 Å². The van der Waals surface area contributed by atoms with Crippen molar-refractivity contribution in [2.45, 2.75) is 46.5 Å². The van der Waals surface area contributed by atoms with Gasteiger partial charge in [-0.25, -0.2) is 0 Å². The first-order valence-corrected chi connectivity index (χ1v) is 7.06. The van der Waals surface area contributed by atoms with Gasteiger partial charge in [-0.05, 0) is 50.1 Å². The van der Waals surface area contributed by atoms with Gasteiger partial charge in [0, 0.05) is 13.2 Å². The van der Waals surface area contributed by atoms with Gasteiger partial charge in [0.1, 0.15) is 0 Å². The average Bonchev–Trinajstić information content (AvgIpc) is 2.28. The summed E-state index contributed by atoms with van der Waals surface area (Å²) in [4.78, 5) is 0. The summed E-state index contributed by atoms with van der Waals surface area (Å²) in [6, 6.07) is 0. The monoisotopic (exact) mass is 227 g/mol. The van der Waals surface area contributed by atoms with Crippen LogP contribution in [0, 0.1) is 17.8 Å². The van der Waals surface area contributed by atoms with Crippen LogP contribution in [0.3, 0.4) is 0 Å². The van der Waals surface area contributed by atoms with Crippen molar-refractivity contribution >= 4 is 0 Å². The quantitative estimate of drug-likeness (QED) is 0.675. The summed E-state index contributed by atoms with van der Waals surface area (Å²) in [5, 5.41) is 3.50. The Hall–Kier alpha value is -0.0800. The molecule has 1 rings (SSSR count). The van der Waals surface area contributed by atoms with Crippen molar-refractivity contribution < 1.29 is 4.74 Å². The maximum Gasteiger partial charge on any atom is 0.0497 e. The smallest absolute Gasteiger partial charge is 0.0497 e. The van der Waals surface area contributed by atoms with Crippen LogP contribution < -0.4 is 5.32 Å². The van der Waals surface area contributed by atoms with Crippen LogP contribution in [0.4, 0.5) is 0 Å². The lowest BCUT2D eigenvalue weighted by molar-refractivity contribution is 0.0476. The summed E-state index contributed by atoms with van der Waals surface area (Å²) >= 11 is 0. The first kappa shape index (κ1) is 14.0. The molecule has 16 heavy (non-hydrogen) atoms. The summed E-state index contributed by atoms with van der Waals surface area (Å²) in [6.45, 7) is 10.9. The molecule has 3 atom stereocenters. The fourth-order valence-corrected chi connectivity index (χ4v) is 2.74. The third-order valence-electron chi connectivity index (χ3n) is 3.74. The third kappa shape index (κ3) is 4.84. The van der Waals surface area contributed by atoms with Crippen LogP contribution in [-0.4, -0.2) is 26.3 Å². The van der Waals surface area contributed by atoms with Crippen LogP contribution in [0.5, 0.6) is 0 Å².